The van der Waals surface area contributed by atoms with Gasteiger partial charge in [-0.05, 0) is 63.6 Å². The molecule has 1 fully saturated rings. The van der Waals surface area contributed by atoms with Crippen LogP contribution in [-0.4, -0.2) is 56.9 Å². The maximum Gasteiger partial charge on any atom is 0.272 e. The number of hydrogen-bond acceptors (Lipinski definition) is 5. The van der Waals surface area contributed by atoms with Crippen LogP contribution in [0.3, 0.4) is 0 Å². The predicted octanol–water partition coefficient (Wildman–Crippen LogP) is 2.66. The Kier molecular flexibility index (Phi) is 5.15. The fourth-order valence-corrected chi connectivity index (χ4v) is 5.07. The van der Waals surface area contributed by atoms with Crippen molar-refractivity contribution in [2.24, 2.45) is 0 Å². The van der Waals surface area contributed by atoms with Gasteiger partial charge in [-0.2, -0.15) is 0 Å². The lowest BCUT2D eigenvalue weighted by Gasteiger charge is -2.46. The smallest absolute Gasteiger partial charge is 0.272 e. The first-order valence-corrected chi connectivity index (χ1v) is 11.3. The minimum atomic E-state index is -0.534. The average molecular weight is 445 g/mol. The second kappa shape index (κ2) is 8.03. The SMILES string of the molecule is Cc1cccc(C(=O)N2CC[C@]3(C2)c2cccn2-c2ncccc2N3CC(=O)NC(C)C)n1. The fourth-order valence-electron chi connectivity index (χ4n) is 5.07. The lowest BCUT2D eigenvalue weighted by atomic mass is 9.88. The van der Waals surface area contributed by atoms with E-state index in [1.165, 1.54) is 0 Å². The number of fused-ring (bicyclic) bond motifs is 4. The van der Waals surface area contributed by atoms with Gasteiger partial charge in [0.2, 0.25) is 5.91 Å². The van der Waals surface area contributed by atoms with Crippen LogP contribution in [-0.2, 0) is 10.3 Å². The van der Waals surface area contributed by atoms with Crippen molar-refractivity contribution in [3.8, 4) is 5.82 Å². The number of nitrogens with one attached hydrogen (secondary N) is 1. The summed E-state index contributed by atoms with van der Waals surface area (Å²) in [5, 5.41) is 3.01. The number of nitrogens with zero attached hydrogens (tertiary/aromatic N) is 5. The van der Waals surface area contributed by atoms with Crippen LogP contribution in [0.25, 0.3) is 5.82 Å². The van der Waals surface area contributed by atoms with Gasteiger partial charge in [-0.3, -0.25) is 9.59 Å². The third kappa shape index (κ3) is 3.55. The zero-order valence-corrected chi connectivity index (χ0v) is 19.2. The van der Waals surface area contributed by atoms with Crippen molar-refractivity contribution in [2.75, 3.05) is 24.5 Å². The summed E-state index contributed by atoms with van der Waals surface area (Å²) in [6.45, 7) is 7.03. The Morgan fingerprint density at radius 2 is 2.00 bits per heavy atom. The summed E-state index contributed by atoms with van der Waals surface area (Å²) in [5.74, 6) is 0.659. The minimum Gasteiger partial charge on any atom is -0.352 e. The van der Waals surface area contributed by atoms with Gasteiger partial charge in [-0.25, -0.2) is 9.97 Å². The molecule has 0 saturated carbocycles. The first-order valence-electron chi connectivity index (χ1n) is 11.3. The highest BCUT2D eigenvalue weighted by Crippen LogP contribution is 2.47. The summed E-state index contributed by atoms with van der Waals surface area (Å²) in [5.41, 5.74) is 2.66. The van der Waals surface area contributed by atoms with Gasteiger partial charge in [0.15, 0.2) is 5.82 Å². The Balaban J connectivity index is 1.55. The quantitative estimate of drug-likeness (QED) is 0.669. The van der Waals surface area contributed by atoms with Crippen molar-refractivity contribution in [2.45, 2.75) is 38.8 Å². The predicted molar refractivity (Wildman–Crippen MR) is 125 cm³/mol. The van der Waals surface area contributed by atoms with Gasteiger partial charge in [0, 0.05) is 37.2 Å². The van der Waals surface area contributed by atoms with E-state index in [0.717, 1.165) is 22.9 Å². The normalized spacial score (nSPS) is 19.0. The number of likely N-dealkylation sites (tertiary alicyclic amines) is 1. The van der Waals surface area contributed by atoms with Crippen molar-refractivity contribution in [3.63, 3.8) is 0 Å². The highest BCUT2D eigenvalue weighted by molar-refractivity contribution is 5.93. The number of rotatable bonds is 4. The molecule has 5 heterocycles. The standard InChI is InChI=1S/C25H28N6O2/c1-17(2)27-22(32)15-31-20-9-5-12-26-23(20)30-13-6-10-21(30)25(31)11-14-29(16-25)24(33)19-8-4-7-18(3)28-19/h4-10,12-13,17H,11,14-16H2,1-3H3,(H,27,32)/t25-/m0/s1. The molecule has 33 heavy (non-hydrogen) atoms. The minimum absolute atomic E-state index is 0.0459. The number of hydrogen-bond donors (Lipinski definition) is 1. The van der Waals surface area contributed by atoms with E-state index in [9.17, 15) is 9.59 Å². The lowest BCUT2D eigenvalue weighted by Crippen LogP contribution is -2.56. The molecule has 0 unspecified atom stereocenters. The number of pyridine rings is 2. The van der Waals surface area contributed by atoms with Gasteiger partial charge in [0.1, 0.15) is 11.2 Å². The topological polar surface area (TPSA) is 83.4 Å². The fraction of sp³-hybridized carbons (Fsp3) is 0.360. The summed E-state index contributed by atoms with van der Waals surface area (Å²) in [6.07, 6.45) is 4.47. The highest BCUT2D eigenvalue weighted by Gasteiger charge is 2.51. The van der Waals surface area contributed by atoms with E-state index < -0.39 is 5.54 Å². The molecule has 8 heteroatoms. The van der Waals surface area contributed by atoms with E-state index in [1.54, 1.807) is 12.3 Å². The van der Waals surface area contributed by atoms with Crippen LogP contribution in [0.4, 0.5) is 5.69 Å². The number of aromatic nitrogens is 3. The molecule has 3 aromatic heterocycles. The van der Waals surface area contributed by atoms with Gasteiger partial charge >= 0.3 is 0 Å². The molecule has 0 aromatic carbocycles. The summed E-state index contributed by atoms with van der Waals surface area (Å²) in [6, 6.07) is 13.5. The first-order chi connectivity index (χ1) is 15.9. The maximum atomic E-state index is 13.3. The third-order valence-corrected chi connectivity index (χ3v) is 6.42. The molecule has 1 saturated heterocycles. The molecule has 0 bridgehead atoms. The molecule has 2 amide bonds. The molecule has 2 aliphatic heterocycles. The van der Waals surface area contributed by atoms with Crippen LogP contribution in [0.1, 0.15) is 42.1 Å². The molecular formula is C25H28N6O2. The van der Waals surface area contributed by atoms with E-state index >= 15 is 0 Å². The van der Waals surface area contributed by atoms with Crippen LogP contribution in [0, 0.1) is 6.92 Å². The average Bonchev–Trinajstić information content (AvgIpc) is 3.45. The lowest BCUT2D eigenvalue weighted by molar-refractivity contribution is -0.120. The second-order valence-electron chi connectivity index (χ2n) is 9.09. The van der Waals surface area contributed by atoms with Gasteiger partial charge in [0.05, 0.1) is 17.9 Å². The Hall–Kier alpha value is -3.68. The maximum absolute atomic E-state index is 13.3. The van der Waals surface area contributed by atoms with Crippen LogP contribution in [0.5, 0.6) is 0 Å². The summed E-state index contributed by atoms with van der Waals surface area (Å²) in [4.78, 5) is 39.3. The summed E-state index contributed by atoms with van der Waals surface area (Å²) in [7, 11) is 0. The van der Waals surface area contributed by atoms with E-state index in [1.807, 2.05) is 62.2 Å². The molecule has 3 aromatic rings. The molecular weight excluding hydrogens is 416 g/mol. The van der Waals surface area contributed by atoms with Gasteiger partial charge < -0.3 is 19.7 Å². The molecule has 2 aliphatic rings. The molecule has 0 aliphatic carbocycles. The molecule has 0 radical (unpaired) electrons. The van der Waals surface area contributed by atoms with Gasteiger partial charge in [-0.1, -0.05) is 6.07 Å². The van der Waals surface area contributed by atoms with Crippen molar-refractivity contribution in [3.05, 3.63) is 71.9 Å². The molecule has 1 spiro atoms. The van der Waals surface area contributed by atoms with E-state index in [0.29, 0.717) is 25.2 Å². The molecule has 1 N–H and O–H groups in total. The number of aryl methyl sites for hydroxylation is 1. The summed E-state index contributed by atoms with van der Waals surface area (Å²) >= 11 is 0. The van der Waals surface area contributed by atoms with Gasteiger partial charge in [-0.15, -0.1) is 0 Å². The van der Waals surface area contributed by atoms with Crippen molar-refractivity contribution in [1.82, 2.24) is 24.8 Å². The Bertz CT molecular complexity index is 1220. The van der Waals surface area contributed by atoms with Gasteiger partial charge in [0.25, 0.3) is 5.91 Å². The number of carbonyl (C=O) groups excluding carboxylic acids is 2. The largest absolute Gasteiger partial charge is 0.352 e. The molecule has 8 nitrogen and oxygen atoms in total. The number of carbonyl (C=O) groups is 2. The first kappa shape index (κ1) is 21.2. The van der Waals surface area contributed by atoms with E-state index in [-0.39, 0.29) is 24.4 Å². The van der Waals surface area contributed by atoms with E-state index in [4.69, 9.17) is 0 Å². The second-order valence-corrected chi connectivity index (χ2v) is 9.09. The highest BCUT2D eigenvalue weighted by atomic mass is 16.2. The Labute approximate surface area is 193 Å². The summed E-state index contributed by atoms with van der Waals surface area (Å²) < 4.78 is 2.09. The Morgan fingerprint density at radius 1 is 1.15 bits per heavy atom. The van der Waals surface area contributed by atoms with Crippen LogP contribution >= 0.6 is 0 Å². The number of amides is 2. The monoisotopic (exact) mass is 444 g/mol. The number of anilines is 1. The molecule has 170 valence electrons. The zero-order chi connectivity index (χ0) is 23.2. The van der Waals surface area contributed by atoms with Crippen LogP contribution in [0.15, 0.2) is 54.9 Å². The van der Waals surface area contributed by atoms with Crippen LogP contribution in [0.2, 0.25) is 0 Å². The van der Waals surface area contributed by atoms with Crippen molar-refractivity contribution >= 4 is 17.5 Å². The Morgan fingerprint density at radius 3 is 2.79 bits per heavy atom. The van der Waals surface area contributed by atoms with Crippen LogP contribution < -0.4 is 10.2 Å². The molecule has 1 atom stereocenters. The molecule has 5 rings (SSSR count). The zero-order valence-electron chi connectivity index (χ0n) is 19.2. The third-order valence-electron chi connectivity index (χ3n) is 6.42. The van der Waals surface area contributed by atoms with Crippen molar-refractivity contribution in [1.29, 1.82) is 0 Å². The van der Waals surface area contributed by atoms with Crippen molar-refractivity contribution < 1.29 is 9.59 Å². The van der Waals surface area contributed by atoms with E-state index in [2.05, 4.69) is 30.8 Å².